The zero-order valence-electron chi connectivity index (χ0n) is 63.5. The van der Waals surface area contributed by atoms with Crippen LogP contribution in [0.1, 0.15) is 317 Å². The van der Waals surface area contributed by atoms with Crippen molar-refractivity contribution in [2.45, 2.75) is 421 Å². The van der Waals surface area contributed by atoms with Crippen LogP contribution in [0.4, 0.5) is 0 Å². The van der Waals surface area contributed by atoms with E-state index in [9.17, 15) is 74.9 Å². The van der Waals surface area contributed by atoms with Crippen molar-refractivity contribution in [2.75, 3.05) is 26.4 Å². The van der Waals surface area contributed by atoms with Crippen molar-refractivity contribution in [3.05, 3.63) is 24.3 Å². The Labute approximate surface area is 617 Å². The second-order valence-corrected chi connectivity index (χ2v) is 30.9. The van der Waals surface area contributed by atoms with Crippen LogP contribution in [0.5, 0.6) is 0 Å². The molecule has 0 radical (unpaired) electrons. The van der Waals surface area contributed by atoms with Crippen molar-refractivity contribution in [1.29, 1.82) is 0 Å². The molecule has 604 valence electrons. The second kappa shape index (κ2) is 58.4. The third-order valence-corrected chi connectivity index (χ3v) is 21.2. The van der Waals surface area contributed by atoms with E-state index in [4.69, 9.17) is 42.2 Å². The molecule has 3 fully saturated rings. The Morgan fingerprint density at radius 1 is 0.427 bits per heavy atom. The van der Waals surface area contributed by atoms with Gasteiger partial charge in [-0.05, 0) is 31.6 Å². The van der Waals surface area contributed by atoms with Crippen molar-refractivity contribution in [3.8, 4) is 0 Å². The summed E-state index contributed by atoms with van der Waals surface area (Å²) in [7, 11) is -5.72. The maximum Gasteiger partial charge on any atom is 0.472 e. The van der Waals surface area contributed by atoms with Crippen LogP contribution >= 0.6 is 7.82 Å². The van der Waals surface area contributed by atoms with E-state index in [1.54, 1.807) is 6.08 Å². The molecule has 3 rings (SSSR count). The molecule has 0 bridgehead atoms. The minimum atomic E-state index is -5.72. The molecule has 1 saturated carbocycles. The topological polar surface area (TPSA) is 374 Å². The lowest BCUT2D eigenvalue weighted by atomic mass is 9.84. The van der Waals surface area contributed by atoms with E-state index in [2.05, 4.69) is 27.7 Å². The van der Waals surface area contributed by atoms with Crippen LogP contribution in [0, 0.1) is 5.92 Å². The number of phosphoric acid groups is 1. The van der Waals surface area contributed by atoms with Gasteiger partial charge in [0, 0.05) is 18.9 Å². The number of allylic oxidation sites excluding steroid dienone is 3. The largest absolute Gasteiger partial charge is 0.472 e. The first kappa shape index (κ1) is 94.6. The Hall–Kier alpha value is -2.56. The minimum absolute atomic E-state index is 0.0291. The highest BCUT2D eigenvalue weighted by atomic mass is 31.2. The average molecular weight is 1500 g/mol. The molecule has 2 heterocycles. The fourth-order valence-corrected chi connectivity index (χ4v) is 14.5. The van der Waals surface area contributed by atoms with Gasteiger partial charge in [0.15, 0.2) is 18.7 Å². The number of hydrogen-bond acceptors (Lipinski definition) is 23. The SMILES string of the molecule is CCCCCCCCCCCCC/C=C/C=C/C(=O)OCC(COP(=O)(O)OC1C(OC2OC(CO)C(O)C(O)C2O)C(O)C(O)C(O)C1OC1OC(COC(=O)CCCCCCCCCCCCCCCCCCC)C(O)C(O)C1O)OC(=O)CCCCCCCCC(C)CCCCCCCC. The van der Waals surface area contributed by atoms with Crippen LogP contribution in [-0.2, 0) is 61.2 Å². The summed E-state index contributed by atoms with van der Waals surface area (Å²) in [5.41, 5.74) is 0. The third-order valence-electron chi connectivity index (χ3n) is 20.2. The molecule has 2 aliphatic heterocycles. The Balaban J connectivity index is 1.72. The molecule has 19 unspecified atom stereocenters. The molecular formula is C78H143O24P. The third kappa shape index (κ3) is 41.2. The highest BCUT2D eigenvalue weighted by Crippen LogP contribution is 2.49. The molecule has 25 heteroatoms. The maximum absolute atomic E-state index is 14.4. The summed E-state index contributed by atoms with van der Waals surface area (Å²) >= 11 is 0. The van der Waals surface area contributed by atoms with Gasteiger partial charge in [0.25, 0.3) is 0 Å². The van der Waals surface area contributed by atoms with E-state index in [1.165, 1.54) is 179 Å². The van der Waals surface area contributed by atoms with E-state index in [-0.39, 0.29) is 12.8 Å². The number of carbonyl (C=O) groups excluding carboxylic acids is 3. The number of phosphoric ester groups is 1. The summed E-state index contributed by atoms with van der Waals surface area (Å²) in [4.78, 5) is 51.1. The number of ether oxygens (including phenoxy) is 7. The number of aliphatic hydroxyl groups is 10. The summed E-state index contributed by atoms with van der Waals surface area (Å²) in [5.74, 6) is -1.56. The Bertz CT molecular complexity index is 2230. The van der Waals surface area contributed by atoms with Crippen LogP contribution in [0.15, 0.2) is 24.3 Å². The first-order chi connectivity index (χ1) is 49.7. The number of unbranched alkanes of at least 4 members (excludes halogenated alkanes) is 37. The quantitative estimate of drug-likeness (QED) is 0.00673. The summed E-state index contributed by atoms with van der Waals surface area (Å²) in [6, 6.07) is 0. The van der Waals surface area contributed by atoms with Gasteiger partial charge in [0.05, 0.1) is 13.2 Å². The Kier molecular flexibility index (Phi) is 53.7. The van der Waals surface area contributed by atoms with Gasteiger partial charge in [-0.25, -0.2) is 9.36 Å². The Morgan fingerprint density at radius 3 is 1.24 bits per heavy atom. The van der Waals surface area contributed by atoms with Crippen molar-refractivity contribution in [1.82, 2.24) is 0 Å². The van der Waals surface area contributed by atoms with E-state index in [0.717, 1.165) is 96.0 Å². The number of aliphatic hydroxyl groups excluding tert-OH is 10. The second-order valence-electron chi connectivity index (χ2n) is 29.5. The fourth-order valence-electron chi connectivity index (χ4n) is 13.6. The minimum Gasteiger partial charge on any atom is -0.463 e. The van der Waals surface area contributed by atoms with Gasteiger partial charge in [-0.2, -0.15) is 0 Å². The van der Waals surface area contributed by atoms with Crippen LogP contribution in [0.2, 0.25) is 0 Å². The molecule has 24 nitrogen and oxygen atoms in total. The lowest BCUT2D eigenvalue weighted by molar-refractivity contribution is -0.360. The van der Waals surface area contributed by atoms with Crippen molar-refractivity contribution in [3.63, 3.8) is 0 Å². The van der Waals surface area contributed by atoms with E-state index >= 15 is 0 Å². The summed E-state index contributed by atoms with van der Waals surface area (Å²) in [6.45, 7) is 5.69. The predicted molar refractivity (Wildman–Crippen MR) is 393 cm³/mol. The first-order valence-electron chi connectivity index (χ1n) is 40.6. The average Bonchev–Trinajstić information content (AvgIpc) is 0.761. The zero-order valence-corrected chi connectivity index (χ0v) is 64.4. The van der Waals surface area contributed by atoms with E-state index in [0.29, 0.717) is 18.8 Å². The highest BCUT2D eigenvalue weighted by molar-refractivity contribution is 7.47. The van der Waals surface area contributed by atoms with Crippen LogP contribution in [-0.4, -0.2) is 204 Å². The summed E-state index contributed by atoms with van der Waals surface area (Å²) in [5, 5.41) is 110. The van der Waals surface area contributed by atoms with E-state index in [1.807, 2.05) is 6.08 Å². The first-order valence-corrected chi connectivity index (χ1v) is 42.0. The number of rotatable bonds is 63. The molecule has 19 atom stereocenters. The number of esters is 3. The molecule has 1 aliphatic carbocycles. The van der Waals surface area contributed by atoms with Gasteiger partial charge in [-0.1, -0.05) is 296 Å². The molecule has 11 N–H and O–H groups in total. The zero-order chi connectivity index (χ0) is 75.5. The van der Waals surface area contributed by atoms with Gasteiger partial charge < -0.3 is 89.1 Å². The monoisotopic (exact) mass is 1490 g/mol. The van der Waals surface area contributed by atoms with Crippen LogP contribution in [0.25, 0.3) is 0 Å². The molecule has 0 spiro atoms. The molecule has 0 aromatic heterocycles. The molecule has 2 saturated heterocycles. The molecule has 3 aliphatic rings. The lowest BCUT2D eigenvalue weighted by Crippen LogP contribution is -2.69. The van der Waals surface area contributed by atoms with Crippen LogP contribution < -0.4 is 0 Å². The number of hydrogen-bond donors (Lipinski definition) is 11. The lowest BCUT2D eigenvalue weighted by Gasteiger charge is -2.49. The number of carbonyl (C=O) groups is 3. The van der Waals surface area contributed by atoms with Crippen LogP contribution in [0.3, 0.4) is 0 Å². The molecular weight excluding hydrogens is 1350 g/mol. The van der Waals surface area contributed by atoms with Gasteiger partial charge in [0.2, 0.25) is 0 Å². The molecule has 0 amide bonds. The molecule has 0 aromatic rings. The smallest absolute Gasteiger partial charge is 0.463 e. The van der Waals surface area contributed by atoms with Crippen molar-refractivity contribution >= 4 is 25.7 Å². The van der Waals surface area contributed by atoms with Crippen molar-refractivity contribution < 1.29 is 117 Å². The molecule has 0 aromatic carbocycles. The highest BCUT2D eigenvalue weighted by Gasteiger charge is 2.58. The maximum atomic E-state index is 14.4. The molecule has 103 heavy (non-hydrogen) atoms. The fraction of sp³-hybridized carbons (Fsp3) is 0.910. The standard InChI is InChI=1S/C78H143O24P/c1-5-8-11-14-17-19-21-23-25-26-28-30-32-34-36-42-47-52-63(81)95-57-61-66(84)68(86)73(91)78(99-61)101-75-71(89)69(87)70(88)74(100-77-72(90)67(85)65(83)60(54-79)98-77)76(75)102-103(92,93)96-56-59(55-94-62(80)51-46-41-35-33-31-29-27-24-22-20-18-15-12-9-6-2)97-64(82)53-48-43-38-37-40-45-50-58(4)49-44-39-16-13-10-7-3/h35,41,46,51,58-61,65-79,83-91H,5-34,36-40,42-45,47-50,52-57H2,1-4H3,(H,92,93)/b41-35+,51-46+. The summed E-state index contributed by atoms with van der Waals surface area (Å²) in [6.07, 6.45) is 20.0. The van der Waals surface area contributed by atoms with Gasteiger partial charge in [0.1, 0.15) is 98.7 Å². The predicted octanol–water partition coefficient (Wildman–Crippen LogP) is 12.3. The van der Waals surface area contributed by atoms with Gasteiger partial charge in [-0.3, -0.25) is 18.6 Å². The van der Waals surface area contributed by atoms with Crippen molar-refractivity contribution in [2.24, 2.45) is 5.92 Å². The van der Waals surface area contributed by atoms with Gasteiger partial charge >= 0.3 is 25.7 Å². The van der Waals surface area contributed by atoms with E-state index < -0.39 is 156 Å². The normalized spacial score (nSPS) is 27.3. The Morgan fingerprint density at radius 2 is 0.806 bits per heavy atom. The van der Waals surface area contributed by atoms with Gasteiger partial charge in [-0.15, -0.1) is 0 Å². The summed E-state index contributed by atoms with van der Waals surface area (Å²) < 4.78 is 65.0.